The lowest BCUT2D eigenvalue weighted by Crippen LogP contribution is -2.41. The van der Waals surface area contributed by atoms with E-state index >= 15 is 0 Å². The molecule has 5 nitrogen and oxygen atoms in total. The van der Waals surface area contributed by atoms with E-state index in [4.69, 9.17) is 0 Å². The minimum absolute atomic E-state index is 0.0141. The smallest absolute Gasteiger partial charge is 0.255 e. The van der Waals surface area contributed by atoms with Gasteiger partial charge in [0, 0.05) is 48.5 Å². The maximum Gasteiger partial charge on any atom is 0.255 e. The Morgan fingerprint density at radius 1 is 0.939 bits per heavy atom. The summed E-state index contributed by atoms with van der Waals surface area (Å²) < 4.78 is 15.1. The van der Waals surface area contributed by atoms with Crippen LogP contribution in [0.4, 0.5) is 4.39 Å². The Morgan fingerprint density at radius 3 is 2.48 bits per heavy atom. The van der Waals surface area contributed by atoms with E-state index in [1.807, 2.05) is 41.1 Å². The van der Waals surface area contributed by atoms with Crippen LogP contribution in [-0.2, 0) is 0 Å². The number of amides is 1. The zero-order valence-electron chi connectivity index (χ0n) is 18.8. The Hall–Kier alpha value is -2.99. The summed E-state index contributed by atoms with van der Waals surface area (Å²) in [5, 5.41) is 0. The first-order chi connectivity index (χ1) is 16.1. The first-order valence-electron chi connectivity index (χ1n) is 12.0. The summed E-state index contributed by atoms with van der Waals surface area (Å²) in [5.74, 6) is -0.0431. The van der Waals surface area contributed by atoms with Gasteiger partial charge in [-0.15, -0.1) is 0 Å². The fourth-order valence-corrected chi connectivity index (χ4v) is 5.34. The van der Waals surface area contributed by atoms with Crippen molar-refractivity contribution in [3.8, 4) is 0 Å². The first kappa shape index (κ1) is 21.8. The number of benzene rings is 1. The zero-order chi connectivity index (χ0) is 22.8. The van der Waals surface area contributed by atoms with Crippen molar-refractivity contribution in [2.75, 3.05) is 26.2 Å². The van der Waals surface area contributed by atoms with Crippen LogP contribution in [0.2, 0.25) is 0 Å². The normalized spacial score (nSPS) is 19.9. The average molecular weight is 448 g/mol. The summed E-state index contributed by atoms with van der Waals surface area (Å²) in [6.07, 6.45) is 8.64. The molecule has 33 heavy (non-hydrogen) atoms. The van der Waals surface area contributed by atoms with Crippen LogP contribution in [-0.4, -0.2) is 58.1 Å². The molecular formula is C27H30FN3O2. The Labute approximate surface area is 193 Å². The SMILES string of the molecule is O=C(c1ccc(F)cc1)C1CCN(CC[C@@H]2CCCN2C(=O)c2cc3ccccn3c2)CC1. The molecule has 0 spiro atoms. The van der Waals surface area contributed by atoms with E-state index < -0.39 is 0 Å². The summed E-state index contributed by atoms with van der Waals surface area (Å²) in [5.41, 5.74) is 2.40. The van der Waals surface area contributed by atoms with Gasteiger partial charge in [0.05, 0.1) is 5.56 Å². The largest absolute Gasteiger partial charge is 0.336 e. The van der Waals surface area contributed by atoms with Gasteiger partial charge in [-0.05, 0) is 87.7 Å². The average Bonchev–Trinajstić information content (AvgIpc) is 3.50. The molecule has 0 saturated carbocycles. The number of hydrogen-bond donors (Lipinski definition) is 0. The molecule has 6 heteroatoms. The molecule has 3 aromatic rings. The molecule has 0 radical (unpaired) electrons. The van der Waals surface area contributed by atoms with Crippen LogP contribution in [0, 0.1) is 11.7 Å². The van der Waals surface area contributed by atoms with Gasteiger partial charge in [0.15, 0.2) is 5.78 Å². The predicted octanol–water partition coefficient (Wildman–Crippen LogP) is 4.67. The van der Waals surface area contributed by atoms with E-state index in [2.05, 4.69) is 9.80 Å². The van der Waals surface area contributed by atoms with Crippen molar-refractivity contribution < 1.29 is 14.0 Å². The third-order valence-electron chi connectivity index (χ3n) is 7.26. The van der Waals surface area contributed by atoms with E-state index in [9.17, 15) is 14.0 Å². The summed E-state index contributed by atoms with van der Waals surface area (Å²) in [6, 6.07) is 14.1. The number of piperidine rings is 1. The molecular weight excluding hydrogens is 417 g/mol. The van der Waals surface area contributed by atoms with Crippen molar-refractivity contribution >= 4 is 17.2 Å². The molecule has 0 bridgehead atoms. The highest BCUT2D eigenvalue weighted by Gasteiger charge is 2.31. The van der Waals surface area contributed by atoms with E-state index in [0.29, 0.717) is 5.56 Å². The number of halogens is 1. The highest BCUT2D eigenvalue weighted by atomic mass is 19.1. The summed E-state index contributed by atoms with van der Waals surface area (Å²) in [7, 11) is 0. The van der Waals surface area contributed by atoms with Gasteiger partial charge in [-0.25, -0.2) is 4.39 Å². The van der Waals surface area contributed by atoms with Crippen molar-refractivity contribution in [1.29, 1.82) is 0 Å². The minimum Gasteiger partial charge on any atom is -0.336 e. The number of likely N-dealkylation sites (tertiary alicyclic amines) is 2. The van der Waals surface area contributed by atoms with Gasteiger partial charge in [-0.2, -0.15) is 0 Å². The molecule has 1 amide bonds. The third-order valence-corrected chi connectivity index (χ3v) is 7.26. The van der Waals surface area contributed by atoms with E-state index in [0.717, 1.165) is 69.4 Å². The number of rotatable bonds is 6. The lowest BCUT2D eigenvalue weighted by molar-refractivity contribution is 0.0704. The summed E-state index contributed by atoms with van der Waals surface area (Å²) in [6.45, 7) is 3.56. The molecule has 2 saturated heterocycles. The van der Waals surface area contributed by atoms with Crippen LogP contribution in [0.25, 0.3) is 5.52 Å². The van der Waals surface area contributed by atoms with Gasteiger partial charge >= 0.3 is 0 Å². The number of aromatic nitrogens is 1. The second kappa shape index (κ2) is 9.48. The molecule has 2 fully saturated rings. The first-order valence-corrected chi connectivity index (χ1v) is 12.0. The van der Waals surface area contributed by atoms with Crippen LogP contribution < -0.4 is 0 Å². The Kier molecular flexibility index (Phi) is 6.27. The fourth-order valence-electron chi connectivity index (χ4n) is 5.34. The van der Waals surface area contributed by atoms with E-state index in [1.165, 1.54) is 12.1 Å². The van der Waals surface area contributed by atoms with Gasteiger partial charge < -0.3 is 14.2 Å². The molecule has 0 unspecified atom stereocenters. The van der Waals surface area contributed by atoms with Crippen molar-refractivity contribution in [1.82, 2.24) is 14.2 Å². The van der Waals surface area contributed by atoms with E-state index in [-0.39, 0.29) is 29.5 Å². The monoisotopic (exact) mass is 447 g/mol. The predicted molar refractivity (Wildman–Crippen MR) is 126 cm³/mol. The van der Waals surface area contributed by atoms with Gasteiger partial charge in [-0.1, -0.05) is 6.07 Å². The van der Waals surface area contributed by atoms with Crippen molar-refractivity contribution in [2.45, 2.75) is 38.1 Å². The molecule has 2 aliphatic rings. The number of carbonyl (C=O) groups is 2. The Bertz CT molecular complexity index is 1100. The second-order valence-electron chi connectivity index (χ2n) is 9.33. The number of Topliss-reactive ketones (excluding diaryl/α,β-unsaturated/α-hetero) is 1. The Morgan fingerprint density at radius 2 is 1.73 bits per heavy atom. The third kappa shape index (κ3) is 4.71. The topological polar surface area (TPSA) is 45.0 Å². The molecule has 5 rings (SSSR count). The standard InChI is InChI=1S/C27H30FN3O2/c28-23-8-6-20(7-9-23)26(32)21-10-15-29(16-11-21)17-12-24-5-3-14-31(24)27(33)22-18-25-4-1-2-13-30(25)19-22/h1-2,4,6-9,13,18-19,21,24H,3,5,10-12,14-17H2/t24-/m0/s1. The van der Waals surface area contributed by atoms with Crippen LogP contribution in [0.1, 0.15) is 52.8 Å². The van der Waals surface area contributed by atoms with Crippen LogP contribution in [0.3, 0.4) is 0 Å². The lowest BCUT2D eigenvalue weighted by atomic mass is 9.88. The quantitative estimate of drug-likeness (QED) is 0.516. The lowest BCUT2D eigenvalue weighted by Gasteiger charge is -2.33. The minimum atomic E-state index is -0.314. The second-order valence-corrected chi connectivity index (χ2v) is 9.33. The van der Waals surface area contributed by atoms with Gasteiger partial charge in [0.1, 0.15) is 5.82 Å². The number of carbonyl (C=O) groups excluding carboxylic acids is 2. The molecule has 4 heterocycles. The van der Waals surface area contributed by atoms with E-state index in [1.54, 1.807) is 12.1 Å². The number of nitrogens with zero attached hydrogens (tertiary/aromatic N) is 3. The zero-order valence-corrected chi connectivity index (χ0v) is 18.8. The van der Waals surface area contributed by atoms with Crippen LogP contribution >= 0.6 is 0 Å². The number of ketones is 1. The highest BCUT2D eigenvalue weighted by Crippen LogP contribution is 2.26. The Balaban J connectivity index is 1.13. The van der Waals surface area contributed by atoms with Crippen molar-refractivity contribution in [2.24, 2.45) is 5.92 Å². The fraction of sp³-hybridized carbons (Fsp3) is 0.407. The molecule has 0 aliphatic carbocycles. The maximum absolute atomic E-state index is 13.2. The molecule has 2 aliphatic heterocycles. The summed E-state index contributed by atoms with van der Waals surface area (Å²) in [4.78, 5) is 30.4. The van der Waals surface area contributed by atoms with Crippen molar-refractivity contribution in [3.63, 3.8) is 0 Å². The van der Waals surface area contributed by atoms with Crippen molar-refractivity contribution in [3.05, 3.63) is 77.9 Å². The highest BCUT2D eigenvalue weighted by molar-refractivity contribution is 5.98. The van der Waals surface area contributed by atoms with Gasteiger partial charge in [-0.3, -0.25) is 9.59 Å². The molecule has 1 aromatic carbocycles. The van der Waals surface area contributed by atoms with Gasteiger partial charge in [0.2, 0.25) is 0 Å². The molecule has 172 valence electrons. The summed E-state index contributed by atoms with van der Waals surface area (Å²) >= 11 is 0. The molecule has 1 atom stereocenters. The van der Waals surface area contributed by atoms with Gasteiger partial charge in [0.25, 0.3) is 5.91 Å². The van der Waals surface area contributed by atoms with Crippen LogP contribution in [0.5, 0.6) is 0 Å². The van der Waals surface area contributed by atoms with Crippen LogP contribution in [0.15, 0.2) is 60.9 Å². The number of fused-ring (bicyclic) bond motifs is 1. The maximum atomic E-state index is 13.2. The number of pyridine rings is 1. The number of hydrogen-bond acceptors (Lipinski definition) is 3. The molecule has 0 N–H and O–H groups in total. The molecule has 2 aromatic heterocycles.